The molecule has 0 saturated heterocycles. The van der Waals surface area contributed by atoms with Crippen LogP contribution in [0.15, 0.2) is 18.5 Å². The number of hydrogen-bond donors (Lipinski definition) is 0. The molecule has 0 aromatic carbocycles. The summed E-state index contributed by atoms with van der Waals surface area (Å²) in [4.78, 5) is 4.06. The summed E-state index contributed by atoms with van der Waals surface area (Å²) in [5, 5.41) is 0. The van der Waals surface area contributed by atoms with Crippen LogP contribution in [0, 0.1) is 0 Å². The SMILES string of the molecule is CC.CCc1ccncc1CC. The lowest BCUT2D eigenvalue weighted by molar-refractivity contribution is 1.01. The topological polar surface area (TPSA) is 12.9 Å². The molecule has 0 spiro atoms. The molecular formula is C11H19N. The first kappa shape index (κ1) is 11.2. The van der Waals surface area contributed by atoms with Gasteiger partial charge in [0, 0.05) is 12.4 Å². The van der Waals surface area contributed by atoms with Gasteiger partial charge < -0.3 is 0 Å². The van der Waals surface area contributed by atoms with E-state index >= 15 is 0 Å². The van der Waals surface area contributed by atoms with E-state index in [-0.39, 0.29) is 0 Å². The zero-order chi connectivity index (χ0) is 9.40. The molecule has 1 aromatic heterocycles. The highest BCUT2D eigenvalue weighted by molar-refractivity contribution is 5.22. The van der Waals surface area contributed by atoms with Crippen molar-refractivity contribution in [2.75, 3.05) is 0 Å². The fraction of sp³-hybridized carbons (Fsp3) is 0.545. The minimum absolute atomic E-state index is 1.09. The van der Waals surface area contributed by atoms with E-state index < -0.39 is 0 Å². The normalized spacial score (nSPS) is 8.67. The molecular weight excluding hydrogens is 146 g/mol. The van der Waals surface area contributed by atoms with Gasteiger partial charge in [0.25, 0.3) is 0 Å². The minimum Gasteiger partial charge on any atom is -0.264 e. The first-order valence-corrected chi connectivity index (χ1v) is 4.80. The third-order valence-electron chi connectivity index (χ3n) is 1.77. The molecule has 0 fully saturated rings. The van der Waals surface area contributed by atoms with Gasteiger partial charge >= 0.3 is 0 Å². The zero-order valence-corrected chi connectivity index (χ0v) is 8.59. The molecule has 0 unspecified atom stereocenters. The number of nitrogens with zero attached hydrogens (tertiary/aromatic N) is 1. The smallest absolute Gasteiger partial charge is 0.0302 e. The molecule has 0 saturated carbocycles. The molecule has 0 amide bonds. The number of rotatable bonds is 2. The number of hydrogen-bond acceptors (Lipinski definition) is 1. The van der Waals surface area contributed by atoms with Gasteiger partial charge in [-0.3, -0.25) is 4.98 Å². The van der Waals surface area contributed by atoms with Crippen LogP contribution in [0.3, 0.4) is 0 Å². The largest absolute Gasteiger partial charge is 0.264 e. The molecule has 0 aliphatic carbocycles. The van der Waals surface area contributed by atoms with E-state index in [0.717, 1.165) is 12.8 Å². The Morgan fingerprint density at radius 1 is 1.08 bits per heavy atom. The number of aromatic nitrogens is 1. The summed E-state index contributed by atoms with van der Waals surface area (Å²) in [6, 6.07) is 2.10. The van der Waals surface area contributed by atoms with Gasteiger partial charge in [0.2, 0.25) is 0 Å². The minimum atomic E-state index is 1.09. The Morgan fingerprint density at radius 2 is 1.67 bits per heavy atom. The fourth-order valence-electron chi connectivity index (χ4n) is 1.12. The molecule has 0 bridgehead atoms. The van der Waals surface area contributed by atoms with Crippen molar-refractivity contribution < 1.29 is 0 Å². The predicted molar refractivity (Wildman–Crippen MR) is 54.3 cm³/mol. The van der Waals surface area contributed by atoms with Crippen LogP contribution >= 0.6 is 0 Å². The highest BCUT2D eigenvalue weighted by atomic mass is 14.6. The fourth-order valence-corrected chi connectivity index (χ4v) is 1.12. The summed E-state index contributed by atoms with van der Waals surface area (Å²) in [7, 11) is 0. The summed E-state index contributed by atoms with van der Waals surface area (Å²) in [6.07, 6.45) is 6.03. The zero-order valence-electron chi connectivity index (χ0n) is 8.59. The van der Waals surface area contributed by atoms with Crippen LogP contribution in [0.1, 0.15) is 38.8 Å². The number of pyridine rings is 1. The summed E-state index contributed by atoms with van der Waals surface area (Å²) in [5.41, 5.74) is 2.81. The Balaban J connectivity index is 0.000000561. The highest BCUT2D eigenvalue weighted by Gasteiger charge is 1.94. The quantitative estimate of drug-likeness (QED) is 0.655. The van der Waals surface area contributed by atoms with Crippen LogP contribution in [-0.2, 0) is 12.8 Å². The first-order valence-electron chi connectivity index (χ1n) is 4.80. The van der Waals surface area contributed by atoms with E-state index in [9.17, 15) is 0 Å². The van der Waals surface area contributed by atoms with Crippen LogP contribution in [0.5, 0.6) is 0 Å². The lowest BCUT2D eigenvalue weighted by Gasteiger charge is -2.01. The Kier molecular flexibility index (Phi) is 6.35. The molecule has 0 N–H and O–H groups in total. The Morgan fingerprint density at radius 3 is 2.08 bits per heavy atom. The predicted octanol–water partition coefficient (Wildman–Crippen LogP) is 3.23. The number of aryl methyl sites for hydroxylation is 2. The van der Waals surface area contributed by atoms with Crippen molar-refractivity contribution in [2.45, 2.75) is 40.5 Å². The maximum Gasteiger partial charge on any atom is 0.0302 e. The third kappa shape index (κ3) is 3.04. The summed E-state index contributed by atoms with van der Waals surface area (Å²) < 4.78 is 0. The molecule has 1 rings (SSSR count). The van der Waals surface area contributed by atoms with Gasteiger partial charge in [0.15, 0.2) is 0 Å². The van der Waals surface area contributed by atoms with Crippen molar-refractivity contribution in [3.63, 3.8) is 0 Å². The third-order valence-corrected chi connectivity index (χ3v) is 1.77. The van der Waals surface area contributed by atoms with Crippen molar-refractivity contribution in [3.8, 4) is 0 Å². The Bertz CT molecular complexity index is 183. The first-order chi connectivity index (χ1) is 5.88. The van der Waals surface area contributed by atoms with Gasteiger partial charge in [-0.2, -0.15) is 0 Å². The molecule has 12 heavy (non-hydrogen) atoms. The van der Waals surface area contributed by atoms with Crippen molar-refractivity contribution in [1.82, 2.24) is 4.98 Å². The van der Waals surface area contributed by atoms with Crippen LogP contribution in [0.25, 0.3) is 0 Å². The van der Waals surface area contributed by atoms with Crippen molar-refractivity contribution >= 4 is 0 Å². The molecule has 1 heterocycles. The second kappa shape index (κ2) is 6.84. The van der Waals surface area contributed by atoms with Crippen LogP contribution in [0.2, 0.25) is 0 Å². The van der Waals surface area contributed by atoms with E-state index in [1.807, 2.05) is 26.2 Å². The van der Waals surface area contributed by atoms with Crippen molar-refractivity contribution in [3.05, 3.63) is 29.6 Å². The van der Waals surface area contributed by atoms with Gasteiger partial charge in [-0.1, -0.05) is 27.7 Å². The lowest BCUT2D eigenvalue weighted by atomic mass is 10.1. The van der Waals surface area contributed by atoms with Crippen LogP contribution in [0.4, 0.5) is 0 Å². The molecule has 0 aliphatic rings. The second-order valence-corrected chi connectivity index (χ2v) is 2.35. The van der Waals surface area contributed by atoms with Crippen LogP contribution < -0.4 is 0 Å². The molecule has 1 nitrogen and oxygen atoms in total. The molecule has 0 atom stereocenters. The highest BCUT2D eigenvalue weighted by Crippen LogP contribution is 2.07. The van der Waals surface area contributed by atoms with Gasteiger partial charge in [0.05, 0.1) is 0 Å². The van der Waals surface area contributed by atoms with Crippen LogP contribution in [-0.4, -0.2) is 4.98 Å². The molecule has 1 heteroatoms. The maximum atomic E-state index is 4.06. The van der Waals surface area contributed by atoms with Gasteiger partial charge in [-0.15, -0.1) is 0 Å². The molecule has 0 radical (unpaired) electrons. The molecule has 0 aliphatic heterocycles. The van der Waals surface area contributed by atoms with E-state index in [1.54, 1.807) is 0 Å². The van der Waals surface area contributed by atoms with E-state index in [1.165, 1.54) is 11.1 Å². The average Bonchev–Trinajstić information content (AvgIpc) is 2.20. The standard InChI is InChI=1S/C9H13N.C2H6/c1-3-8-5-6-10-7-9(8)4-2;1-2/h5-7H,3-4H2,1-2H3;1-2H3. The Labute approximate surface area is 75.8 Å². The molecule has 1 aromatic rings. The van der Waals surface area contributed by atoms with E-state index in [0.29, 0.717) is 0 Å². The average molecular weight is 165 g/mol. The van der Waals surface area contributed by atoms with E-state index in [4.69, 9.17) is 0 Å². The summed E-state index contributed by atoms with van der Waals surface area (Å²) in [6.45, 7) is 8.34. The lowest BCUT2D eigenvalue weighted by Crippen LogP contribution is -1.90. The Hall–Kier alpha value is -0.850. The second-order valence-electron chi connectivity index (χ2n) is 2.35. The van der Waals surface area contributed by atoms with Gasteiger partial charge in [-0.25, -0.2) is 0 Å². The molecule has 68 valence electrons. The van der Waals surface area contributed by atoms with Crippen molar-refractivity contribution in [1.29, 1.82) is 0 Å². The summed E-state index contributed by atoms with van der Waals surface area (Å²) in [5.74, 6) is 0. The monoisotopic (exact) mass is 165 g/mol. The van der Waals surface area contributed by atoms with Crippen molar-refractivity contribution in [2.24, 2.45) is 0 Å². The maximum absolute atomic E-state index is 4.06. The van der Waals surface area contributed by atoms with Gasteiger partial charge in [-0.05, 0) is 30.0 Å². The van der Waals surface area contributed by atoms with E-state index in [2.05, 4.69) is 24.9 Å². The summed E-state index contributed by atoms with van der Waals surface area (Å²) >= 11 is 0. The van der Waals surface area contributed by atoms with Gasteiger partial charge in [0.1, 0.15) is 0 Å².